The lowest BCUT2D eigenvalue weighted by atomic mass is 10.1. The number of fused-ring (bicyclic) bond motifs is 1. The number of halogens is 1. The minimum absolute atomic E-state index is 0.706. The van der Waals surface area contributed by atoms with Crippen molar-refractivity contribution in [1.82, 2.24) is 4.98 Å². The van der Waals surface area contributed by atoms with Gasteiger partial charge in [0.1, 0.15) is 12.4 Å². The molecule has 3 aromatic rings. The summed E-state index contributed by atoms with van der Waals surface area (Å²) >= 11 is 5.95. The molecule has 0 saturated carbocycles. The summed E-state index contributed by atoms with van der Waals surface area (Å²) in [6.45, 7) is 2.08. The van der Waals surface area contributed by atoms with Crippen LogP contribution in [0.25, 0.3) is 16.9 Å². The predicted molar refractivity (Wildman–Crippen MR) is 72.6 cm³/mol. The molecule has 0 atom stereocenters. The van der Waals surface area contributed by atoms with Crippen LogP contribution in [0.4, 0.5) is 0 Å². The molecule has 0 aliphatic heterocycles. The van der Waals surface area contributed by atoms with Crippen molar-refractivity contribution in [2.45, 2.75) is 6.92 Å². The normalized spacial score (nSPS) is 10.8. The minimum atomic E-state index is 0.706. The number of aryl methyl sites for hydroxylation is 1. The van der Waals surface area contributed by atoms with Gasteiger partial charge in [0, 0.05) is 17.7 Å². The van der Waals surface area contributed by atoms with Crippen molar-refractivity contribution >= 4 is 17.2 Å². The van der Waals surface area contributed by atoms with Crippen molar-refractivity contribution in [3.8, 4) is 11.3 Å². The summed E-state index contributed by atoms with van der Waals surface area (Å²) in [5, 5.41) is 0.706. The van der Waals surface area contributed by atoms with Crippen LogP contribution in [0.2, 0.25) is 5.02 Å². The molecule has 0 bridgehead atoms. The van der Waals surface area contributed by atoms with E-state index in [-0.39, 0.29) is 0 Å². The molecular formula is C15H12ClN2+. The zero-order chi connectivity index (χ0) is 12.5. The van der Waals surface area contributed by atoms with E-state index in [1.165, 1.54) is 5.56 Å². The van der Waals surface area contributed by atoms with E-state index in [1.54, 1.807) is 0 Å². The highest BCUT2D eigenvalue weighted by molar-refractivity contribution is 6.30. The van der Waals surface area contributed by atoms with Gasteiger partial charge in [0.2, 0.25) is 0 Å². The quantitative estimate of drug-likeness (QED) is 0.609. The van der Waals surface area contributed by atoms with Crippen molar-refractivity contribution in [3.63, 3.8) is 0 Å². The lowest BCUT2D eigenvalue weighted by Gasteiger charge is -1.98. The molecule has 0 saturated heterocycles. The maximum absolute atomic E-state index is 5.95. The van der Waals surface area contributed by atoms with Crippen LogP contribution in [0.5, 0.6) is 0 Å². The fourth-order valence-corrected chi connectivity index (χ4v) is 2.14. The Kier molecular flexibility index (Phi) is 2.73. The van der Waals surface area contributed by atoms with Crippen LogP contribution >= 0.6 is 11.6 Å². The second-order valence-electron chi connectivity index (χ2n) is 4.30. The van der Waals surface area contributed by atoms with Crippen molar-refractivity contribution in [2.24, 2.45) is 0 Å². The van der Waals surface area contributed by atoms with Gasteiger partial charge in [0.05, 0.1) is 5.02 Å². The predicted octanol–water partition coefficient (Wildman–Crippen LogP) is 3.45. The van der Waals surface area contributed by atoms with Gasteiger partial charge in [-0.2, -0.15) is 0 Å². The van der Waals surface area contributed by atoms with E-state index in [1.807, 2.05) is 41.1 Å². The van der Waals surface area contributed by atoms with Gasteiger partial charge >= 0.3 is 5.65 Å². The van der Waals surface area contributed by atoms with E-state index < -0.39 is 0 Å². The van der Waals surface area contributed by atoms with Gasteiger partial charge in [0.25, 0.3) is 0 Å². The molecule has 3 heteroatoms. The Morgan fingerprint density at radius 3 is 2.83 bits per heavy atom. The second kappa shape index (κ2) is 4.39. The summed E-state index contributed by atoms with van der Waals surface area (Å²) < 4.78 is 1.92. The number of nitrogens with zero attached hydrogens (tertiary/aromatic N) is 2. The molecule has 0 amide bonds. The highest BCUT2D eigenvalue weighted by Gasteiger charge is 2.09. The van der Waals surface area contributed by atoms with Crippen molar-refractivity contribution in [2.75, 3.05) is 0 Å². The largest absolute Gasteiger partial charge is 0.328 e. The Morgan fingerprint density at radius 2 is 2.00 bits per heavy atom. The fraction of sp³-hybridized carbons (Fsp3) is 0.0667. The van der Waals surface area contributed by atoms with E-state index in [4.69, 9.17) is 11.6 Å². The van der Waals surface area contributed by atoms with Crippen molar-refractivity contribution < 1.29 is 4.40 Å². The Labute approximate surface area is 111 Å². The lowest BCUT2D eigenvalue weighted by Crippen LogP contribution is -2.21. The first-order chi connectivity index (χ1) is 8.72. The zero-order valence-electron chi connectivity index (χ0n) is 9.97. The average molecular weight is 256 g/mol. The SMILES string of the molecule is Cc1cccc(-c2cc[n+]3cc(Cl)ccc3n2)c1. The highest BCUT2D eigenvalue weighted by atomic mass is 35.5. The van der Waals surface area contributed by atoms with Crippen LogP contribution in [-0.2, 0) is 0 Å². The van der Waals surface area contributed by atoms with Crippen LogP contribution in [0, 0.1) is 6.92 Å². The maximum Gasteiger partial charge on any atom is 0.328 e. The summed E-state index contributed by atoms with van der Waals surface area (Å²) in [6, 6.07) is 14.1. The number of benzene rings is 1. The zero-order valence-corrected chi connectivity index (χ0v) is 10.7. The maximum atomic E-state index is 5.95. The van der Waals surface area contributed by atoms with E-state index in [0.29, 0.717) is 5.02 Å². The summed E-state index contributed by atoms with van der Waals surface area (Å²) in [6.07, 6.45) is 3.83. The standard InChI is InChI=1S/C15H12ClN2/c1-11-3-2-4-12(9-11)14-7-8-18-10-13(16)5-6-15(18)17-14/h2-10H,1H3/q+1. The number of rotatable bonds is 1. The molecule has 1 aromatic carbocycles. The first kappa shape index (κ1) is 11.2. The molecule has 2 aromatic heterocycles. The first-order valence-corrected chi connectivity index (χ1v) is 6.15. The monoisotopic (exact) mass is 255 g/mol. The van der Waals surface area contributed by atoms with E-state index in [0.717, 1.165) is 16.9 Å². The minimum Gasteiger partial charge on any atom is -0.202 e. The molecule has 3 rings (SSSR count). The lowest BCUT2D eigenvalue weighted by molar-refractivity contribution is -0.514. The van der Waals surface area contributed by atoms with Crippen LogP contribution < -0.4 is 4.40 Å². The van der Waals surface area contributed by atoms with E-state index in [9.17, 15) is 0 Å². The van der Waals surface area contributed by atoms with Gasteiger partial charge < -0.3 is 0 Å². The van der Waals surface area contributed by atoms with Gasteiger partial charge in [-0.3, -0.25) is 0 Å². The molecule has 2 nitrogen and oxygen atoms in total. The molecular weight excluding hydrogens is 244 g/mol. The third kappa shape index (κ3) is 2.07. The number of hydrogen-bond acceptors (Lipinski definition) is 1. The van der Waals surface area contributed by atoms with Gasteiger partial charge in [-0.25, -0.2) is 4.40 Å². The topological polar surface area (TPSA) is 17.0 Å². The molecule has 0 radical (unpaired) electrons. The average Bonchev–Trinajstić information content (AvgIpc) is 2.38. The third-order valence-electron chi connectivity index (χ3n) is 2.86. The molecule has 0 spiro atoms. The molecule has 0 aliphatic carbocycles. The summed E-state index contributed by atoms with van der Waals surface area (Å²) in [5.41, 5.74) is 4.23. The summed E-state index contributed by atoms with van der Waals surface area (Å²) in [5.74, 6) is 0. The van der Waals surface area contributed by atoms with E-state index in [2.05, 4.69) is 30.1 Å². The molecule has 0 N–H and O–H groups in total. The number of aromatic nitrogens is 2. The number of pyridine rings is 1. The first-order valence-electron chi connectivity index (χ1n) is 5.77. The molecule has 2 heterocycles. The van der Waals surface area contributed by atoms with Gasteiger partial charge in [-0.1, -0.05) is 35.4 Å². The van der Waals surface area contributed by atoms with Crippen LogP contribution in [0.1, 0.15) is 5.56 Å². The van der Waals surface area contributed by atoms with Gasteiger partial charge in [-0.15, -0.1) is 0 Å². The third-order valence-corrected chi connectivity index (χ3v) is 3.08. The Balaban J connectivity index is 2.16. The van der Waals surface area contributed by atoms with E-state index >= 15 is 0 Å². The molecule has 0 aliphatic rings. The fourth-order valence-electron chi connectivity index (χ4n) is 1.97. The Morgan fingerprint density at radius 1 is 1.11 bits per heavy atom. The Hall–Kier alpha value is -1.93. The van der Waals surface area contributed by atoms with Crippen molar-refractivity contribution in [3.05, 3.63) is 65.4 Å². The van der Waals surface area contributed by atoms with Crippen LogP contribution in [0.15, 0.2) is 54.9 Å². The molecule has 0 fully saturated rings. The van der Waals surface area contributed by atoms with Crippen molar-refractivity contribution in [1.29, 1.82) is 0 Å². The smallest absolute Gasteiger partial charge is 0.202 e. The second-order valence-corrected chi connectivity index (χ2v) is 4.73. The summed E-state index contributed by atoms with van der Waals surface area (Å²) in [4.78, 5) is 4.63. The summed E-state index contributed by atoms with van der Waals surface area (Å²) in [7, 11) is 0. The van der Waals surface area contributed by atoms with Gasteiger partial charge in [-0.05, 0) is 24.0 Å². The Bertz CT molecular complexity index is 723. The molecule has 88 valence electrons. The van der Waals surface area contributed by atoms with Gasteiger partial charge in [0.15, 0.2) is 5.69 Å². The van der Waals surface area contributed by atoms with Crippen LogP contribution in [0.3, 0.4) is 0 Å². The highest BCUT2D eigenvalue weighted by Crippen LogP contribution is 2.17. The van der Waals surface area contributed by atoms with Crippen LogP contribution in [-0.4, -0.2) is 4.98 Å². The number of hydrogen-bond donors (Lipinski definition) is 0. The molecule has 18 heavy (non-hydrogen) atoms. The molecule has 0 unspecified atom stereocenters.